The topological polar surface area (TPSA) is 115 Å². The fourth-order valence-corrected chi connectivity index (χ4v) is 6.80. The molecule has 2 fully saturated rings. The normalized spacial score (nSPS) is 21.2. The number of fused-ring (bicyclic) bond motifs is 2. The van der Waals surface area contributed by atoms with Crippen molar-refractivity contribution in [3.05, 3.63) is 72.1 Å². The van der Waals surface area contributed by atoms with Crippen LogP contribution in [0.4, 0.5) is 0 Å². The minimum atomic E-state index is -0.499. The predicted octanol–water partition coefficient (Wildman–Crippen LogP) is 4.53. The summed E-state index contributed by atoms with van der Waals surface area (Å²) in [6.45, 7) is 1.37. The van der Waals surface area contributed by atoms with Crippen molar-refractivity contribution in [2.45, 2.75) is 63.1 Å². The first kappa shape index (κ1) is 27.1. The molecular formula is C33H35N3O6. The van der Waals surface area contributed by atoms with Gasteiger partial charge in [-0.25, -0.2) is 0 Å². The molecule has 2 aromatic heterocycles. The van der Waals surface area contributed by atoms with Crippen LogP contribution in [0.5, 0.6) is 0 Å². The van der Waals surface area contributed by atoms with E-state index < -0.39 is 17.6 Å². The van der Waals surface area contributed by atoms with E-state index in [0.717, 1.165) is 47.5 Å². The summed E-state index contributed by atoms with van der Waals surface area (Å²) in [5.74, 6) is -1.31. The van der Waals surface area contributed by atoms with Crippen LogP contribution in [0.2, 0.25) is 0 Å². The van der Waals surface area contributed by atoms with Crippen LogP contribution in [0.25, 0.3) is 33.0 Å². The maximum Gasteiger partial charge on any atom is 0.259 e. The number of para-hydroxylation sites is 2. The molecule has 9 nitrogen and oxygen atoms in total. The smallest absolute Gasteiger partial charge is 0.259 e. The molecule has 9 heteroatoms. The summed E-state index contributed by atoms with van der Waals surface area (Å²) in [4.78, 5) is 29.6. The highest BCUT2D eigenvalue weighted by molar-refractivity contribution is 6.50. The molecule has 3 aliphatic rings. The molecule has 2 unspecified atom stereocenters. The van der Waals surface area contributed by atoms with Crippen LogP contribution in [0.15, 0.2) is 60.9 Å². The van der Waals surface area contributed by atoms with Gasteiger partial charge in [0.25, 0.3) is 11.8 Å². The fourth-order valence-electron chi connectivity index (χ4n) is 6.80. The SMILES string of the molecule is O=C1NC(=O)C(c2cn(CCOC(CCO)C3COC4(CCCCC4)O3)c3ccccc23)=C1c1c[nH]c2ccccc12. The molecule has 0 radical (unpaired) electrons. The summed E-state index contributed by atoms with van der Waals surface area (Å²) in [5, 5.41) is 14.0. The van der Waals surface area contributed by atoms with E-state index >= 15 is 0 Å². The first-order valence-corrected chi connectivity index (χ1v) is 14.9. The number of ether oxygens (including phenoxy) is 3. The number of imide groups is 1. The van der Waals surface area contributed by atoms with Gasteiger partial charge < -0.3 is 28.9 Å². The summed E-state index contributed by atoms with van der Waals surface area (Å²) >= 11 is 0. The van der Waals surface area contributed by atoms with Gasteiger partial charge in [-0.05, 0) is 31.4 Å². The molecule has 4 heterocycles. The number of hydrogen-bond acceptors (Lipinski definition) is 6. The van der Waals surface area contributed by atoms with Crippen molar-refractivity contribution in [3.8, 4) is 0 Å². The van der Waals surface area contributed by atoms with Gasteiger partial charge in [0.1, 0.15) is 6.10 Å². The Morgan fingerprint density at radius 1 is 0.976 bits per heavy atom. The largest absolute Gasteiger partial charge is 0.396 e. The van der Waals surface area contributed by atoms with Crippen molar-refractivity contribution >= 4 is 44.8 Å². The van der Waals surface area contributed by atoms with E-state index in [-0.39, 0.29) is 18.8 Å². The molecule has 0 bridgehead atoms. The molecular weight excluding hydrogens is 534 g/mol. The number of aromatic amines is 1. The predicted molar refractivity (Wildman–Crippen MR) is 158 cm³/mol. The highest BCUT2D eigenvalue weighted by Crippen LogP contribution is 2.40. The standard InChI is InChI=1S/C33H35N3O6/c37-16-12-27(28-20-41-33(42-28)13-6-1-7-14-33)40-17-15-36-19-24(22-9-3-5-11-26(22)36)30-29(31(38)35-32(30)39)23-18-34-25-10-4-2-8-21(23)25/h2-5,8-11,18-19,27-28,34,37H,1,6-7,12-17,20H2,(H,35,38,39). The lowest BCUT2D eigenvalue weighted by Gasteiger charge is -2.32. The van der Waals surface area contributed by atoms with Gasteiger partial charge in [0.15, 0.2) is 5.79 Å². The first-order valence-electron chi connectivity index (χ1n) is 14.9. The maximum atomic E-state index is 13.2. The maximum absolute atomic E-state index is 13.2. The number of aromatic nitrogens is 2. The van der Waals surface area contributed by atoms with Crippen molar-refractivity contribution in [3.63, 3.8) is 0 Å². The zero-order valence-corrected chi connectivity index (χ0v) is 23.4. The number of nitrogens with zero attached hydrogens (tertiary/aromatic N) is 1. The van der Waals surface area contributed by atoms with Gasteiger partial charge >= 0.3 is 0 Å². The number of nitrogens with one attached hydrogen (secondary N) is 2. The van der Waals surface area contributed by atoms with Crippen LogP contribution < -0.4 is 5.32 Å². The highest BCUT2D eigenvalue weighted by Gasteiger charge is 2.45. The van der Waals surface area contributed by atoms with Crippen LogP contribution in [-0.2, 0) is 30.3 Å². The molecule has 1 saturated heterocycles. The van der Waals surface area contributed by atoms with Gasteiger partial charge in [-0.15, -0.1) is 0 Å². The summed E-state index contributed by atoms with van der Waals surface area (Å²) in [6.07, 6.45) is 8.90. The molecule has 4 aromatic rings. The van der Waals surface area contributed by atoms with E-state index in [0.29, 0.717) is 48.5 Å². The lowest BCUT2D eigenvalue weighted by atomic mass is 9.94. The first-order chi connectivity index (χ1) is 20.6. The zero-order chi connectivity index (χ0) is 28.7. The summed E-state index contributed by atoms with van der Waals surface area (Å²) in [6, 6.07) is 15.6. The summed E-state index contributed by atoms with van der Waals surface area (Å²) in [5.41, 5.74) is 3.98. The van der Waals surface area contributed by atoms with Crippen LogP contribution >= 0.6 is 0 Å². The molecule has 2 aromatic carbocycles. The lowest BCUT2D eigenvalue weighted by molar-refractivity contribution is -0.199. The third kappa shape index (κ3) is 4.76. The Bertz CT molecular complexity index is 1680. The summed E-state index contributed by atoms with van der Waals surface area (Å²) in [7, 11) is 0. The number of carbonyl (C=O) groups is 2. The van der Waals surface area contributed by atoms with E-state index in [2.05, 4.69) is 14.9 Å². The van der Waals surface area contributed by atoms with E-state index in [1.165, 1.54) is 6.42 Å². The second kappa shape index (κ2) is 11.1. The number of H-pyrrole nitrogens is 1. The van der Waals surface area contributed by atoms with E-state index in [4.69, 9.17) is 14.2 Å². The number of hydrogen-bond donors (Lipinski definition) is 3. The Labute approximate surface area is 243 Å². The molecule has 1 aliphatic carbocycles. The second-order valence-corrected chi connectivity index (χ2v) is 11.4. The van der Waals surface area contributed by atoms with Crippen LogP contribution in [0.3, 0.4) is 0 Å². The number of amides is 2. The number of carbonyl (C=O) groups excluding carboxylic acids is 2. The Morgan fingerprint density at radius 2 is 1.71 bits per heavy atom. The van der Waals surface area contributed by atoms with Crippen LogP contribution in [0.1, 0.15) is 49.7 Å². The van der Waals surface area contributed by atoms with Crippen molar-refractivity contribution in [1.29, 1.82) is 0 Å². The van der Waals surface area contributed by atoms with Crippen molar-refractivity contribution < 1.29 is 28.9 Å². The monoisotopic (exact) mass is 569 g/mol. The number of benzene rings is 2. The molecule has 2 amide bonds. The molecule has 2 atom stereocenters. The Balaban J connectivity index is 1.17. The van der Waals surface area contributed by atoms with Gasteiger partial charge in [0.2, 0.25) is 0 Å². The van der Waals surface area contributed by atoms with Gasteiger partial charge in [0, 0.05) is 71.3 Å². The quantitative estimate of drug-likeness (QED) is 0.255. The molecule has 1 saturated carbocycles. The Kier molecular flexibility index (Phi) is 7.19. The van der Waals surface area contributed by atoms with Gasteiger partial charge in [-0.2, -0.15) is 0 Å². The van der Waals surface area contributed by atoms with Crippen molar-refractivity contribution in [2.75, 3.05) is 19.8 Å². The van der Waals surface area contributed by atoms with Gasteiger partial charge in [-0.1, -0.05) is 42.8 Å². The van der Waals surface area contributed by atoms with Crippen LogP contribution in [0, 0.1) is 0 Å². The number of rotatable bonds is 9. The molecule has 2 aliphatic heterocycles. The third-order valence-electron chi connectivity index (χ3n) is 8.83. The molecule has 1 spiro atoms. The van der Waals surface area contributed by atoms with Gasteiger partial charge in [0.05, 0.1) is 30.5 Å². The minimum absolute atomic E-state index is 0.00202. The average molecular weight is 570 g/mol. The molecule has 42 heavy (non-hydrogen) atoms. The fraction of sp³-hybridized carbons (Fsp3) is 0.394. The second-order valence-electron chi connectivity index (χ2n) is 11.4. The lowest BCUT2D eigenvalue weighted by Crippen LogP contribution is -2.37. The van der Waals surface area contributed by atoms with Crippen LogP contribution in [-0.4, -0.2) is 64.3 Å². The van der Waals surface area contributed by atoms with Gasteiger partial charge in [-0.3, -0.25) is 14.9 Å². The van der Waals surface area contributed by atoms with Crippen molar-refractivity contribution in [1.82, 2.24) is 14.9 Å². The Morgan fingerprint density at radius 3 is 2.52 bits per heavy atom. The molecule has 218 valence electrons. The zero-order valence-electron chi connectivity index (χ0n) is 23.4. The average Bonchev–Trinajstić information content (AvgIpc) is 3.77. The summed E-state index contributed by atoms with van der Waals surface area (Å²) < 4.78 is 20.9. The third-order valence-corrected chi connectivity index (χ3v) is 8.83. The van der Waals surface area contributed by atoms with E-state index in [1.807, 2.05) is 54.7 Å². The minimum Gasteiger partial charge on any atom is -0.396 e. The van der Waals surface area contributed by atoms with E-state index in [1.54, 1.807) is 6.20 Å². The molecule has 7 rings (SSSR count). The highest BCUT2D eigenvalue weighted by atomic mass is 16.8. The number of aliphatic hydroxyl groups is 1. The Hall–Kier alpha value is -3.76. The van der Waals surface area contributed by atoms with Crippen molar-refractivity contribution in [2.24, 2.45) is 0 Å². The number of aliphatic hydroxyl groups excluding tert-OH is 1. The van der Waals surface area contributed by atoms with E-state index in [9.17, 15) is 14.7 Å². The molecule has 3 N–H and O–H groups in total.